The van der Waals surface area contributed by atoms with Gasteiger partial charge in [0.25, 0.3) is 11.8 Å². The predicted octanol–water partition coefficient (Wildman–Crippen LogP) is 5.89. The van der Waals surface area contributed by atoms with Crippen molar-refractivity contribution >= 4 is 52.5 Å². The lowest BCUT2D eigenvalue weighted by Crippen LogP contribution is -2.50. The third-order valence-corrected chi connectivity index (χ3v) is 8.01. The van der Waals surface area contributed by atoms with E-state index in [0.29, 0.717) is 34.5 Å². The van der Waals surface area contributed by atoms with E-state index in [9.17, 15) is 9.59 Å². The molecular weight excluding hydrogens is 463 g/mol. The van der Waals surface area contributed by atoms with Crippen molar-refractivity contribution in [3.63, 3.8) is 0 Å². The number of amides is 2. The van der Waals surface area contributed by atoms with E-state index < -0.39 is 4.87 Å². The minimum Gasteiger partial charge on any atom is -0.311 e. The van der Waals surface area contributed by atoms with Crippen molar-refractivity contribution in [2.45, 2.75) is 18.3 Å². The zero-order valence-corrected chi connectivity index (χ0v) is 19.7. The summed E-state index contributed by atoms with van der Waals surface area (Å²) >= 11 is 13.9. The van der Waals surface area contributed by atoms with Gasteiger partial charge in [-0.2, -0.15) is 0 Å². The van der Waals surface area contributed by atoms with Crippen LogP contribution in [-0.2, 0) is 16.2 Å². The number of hydrogen-bond acceptors (Lipinski definition) is 3. The van der Waals surface area contributed by atoms with E-state index >= 15 is 0 Å². The van der Waals surface area contributed by atoms with Gasteiger partial charge >= 0.3 is 0 Å². The van der Waals surface area contributed by atoms with Crippen LogP contribution in [0.3, 0.4) is 0 Å². The van der Waals surface area contributed by atoms with E-state index in [2.05, 4.69) is 0 Å². The van der Waals surface area contributed by atoms with Crippen molar-refractivity contribution in [3.8, 4) is 0 Å². The highest BCUT2D eigenvalue weighted by molar-refractivity contribution is 8.01. The minimum absolute atomic E-state index is 0.108. The molecule has 32 heavy (non-hydrogen) atoms. The van der Waals surface area contributed by atoms with Gasteiger partial charge in [-0.1, -0.05) is 59.1 Å². The number of aryl methyl sites for hydroxylation is 1. The second-order valence-corrected chi connectivity index (χ2v) is 10.1. The normalized spacial score (nSPS) is 19.7. The lowest BCUT2D eigenvalue weighted by molar-refractivity contribution is -0.123. The molecule has 3 aromatic rings. The first-order valence-corrected chi connectivity index (χ1v) is 12.0. The van der Waals surface area contributed by atoms with Gasteiger partial charge in [0.15, 0.2) is 4.87 Å². The van der Waals surface area contributed by atoms with Crippen molar-refractivity contribution in [2.24, 2.45) is 0 Å². The zero-order valence-electron chi connectivity index (χ0n) is 17.3. The molecule has 1 spiro atoms. The van der Waals surface area contributed by atoms with Gasteiger partial charge in [-0.15, -0.1) is 11.8 Å². The van der Waals surface area contributed by atoms with E-state index in [0.717, 1.165) is 22.4 Å². The van der Waals surface area contributed by atoms with E-state index in [1.807, 2.05) is 49.4 Å². The van der Waals surface area contributed by atoms with Crippen LogP contribution in [0.4, 0.5) is 5.69 Å². The van der Waals surface area contributed by atoms with Crippen molar-refractivity contribution < 1.29 is 9.59 Å². The summed E-state index contributed by atoms with van der Waals surface area (Å²) < 4.78 is 0. The molecule has 1 atom stereocenters. The lowest BCUT2D eigenvalue weighted by Gasteiger charge is -2.33. The van der Waals surface area contributed by atoms with Crippen LogP contribution in [0.15, 0.2) is 66.7 Å². The van der Waals surface area contributed by atoms with Crippen LogP contribution in [0, 0.1) is 6.92 Å². The molecule has 0 unspecified atom stereocenters. The number of halogens is 2. The fourth-order valence-electron chi connectivity index (χ4n) is 4.43. The van der Waals surface area contributed by atoms with Crippen LogP contribution >= 0.6 is 35.0 Å². The van der Waals surface area contributed by atoms with Gasteiger partial charge in [0.1, 0.15) is 0 Å². The summed E-state index contributed by atoms with van der Waals surface area (Å²) in [6.45, 7) is 2.84. The Morgan fingerprint density at radius 1 is 1.06 bits per heavy atom. The Morgan fingerprint density at radius 2 is 1.81 bits per heavy atom. The maximum atomic E-state index is 14.1. The van der Waals surface area contributed by atoms with Crippen molar-refractivity contribution in [2.75, 3.05) is 17.2 Å². The molecule has 0 saturated carbocycles. The van der Waals surface area contributed by atoms with Crippen LogP contribution in [0.1, 0.15) is 27.0 Å². The van der Waals surface area contributed by atoms with E-state index in [1.165, 1.54) is 11.8 Å². The summed E-state index contributed by atoms with van der Waals surface area (Å²) in [5, 5.41) is 1.18. The van der Waals surface area contributed by atoms with E-state index in [4.69, 9.17) is 23.2 Å². The van der Waals surface area contributed by atoms with Gasteiger partial charge in [-0.05, 0) is 48.9 Å². The van der Waals surface area contributed by atoms with Gasteiger partial charge in [0, 0.05) is 33.5 Å². The fraction of sp³-hybridized carbons (Fsp3) is 0.200. The second-order valence-electron chi connectivity index (χ2n) is 7.96. The molecule has 2 amide bonds. The number of rotatable bonds is 3. The molecule has 5 rings (SSSR count). The largest absolute Gasteiger partial charge is 0.311 e. The molecule has 1 fully saturated rings. The molecule has 2 aliphatic rings. The number of thioether (sulfide) groups is 1. The van der Waals surface area contributed by atoms with Gasteiger partial charge in [-0.25, -0.2) is 0 Å². The Balaban J connectivity index is 1.60. The number of carbonyl (C=O) groups excluding carboxylic acids is 2. The maximum absolute atomic E-state index is 14.1. The summed E-state index contributed by atoms with van der Waals surface area (Å²) in [5.41, 5.74) is 4.11. The molecule has 0 bridgehead atoms. The summed E-state index contributed by atoms with van der Waals surface area (Å²) in [7, 11) is 0. The molecule has 0 aromatic heterocycles. The highest BCUT2D eigenvalue weighted by atomic mass is 35.5. The molecule has 4 nitrogen and oxygen atoms in total. The lowest BCUT2D eigenvalue weighted by atomic mass is 10.0. The number of carbonyl (C=O) groups is 2. The van der Waals surface area contributed by atoms with Crippen LogP contribution in [-0.4, -0.2) is 29.0 Å². The third-order valence-electron chi connectivity index (χ3n) is 5.97. The Labute approximate surface area is 201 Å². The van der Waals surface area contributed by atoms with Crippen LogP contribution in [0.25, 0.3) is 0 Å². The molecule has 3 aromatic carbocycles. The van der Waals surface area contributed by atoms with Crippen LogP contribution in [0.2, 0.25) is 10.0 Å². The smallest absolute Gasteiger partial charge is 0.268 e. The molecule has 0 radical (unpaired) electrons. The molecule has 162 valence electrons. The number of benzene rings is 3. The molecule has 0 N–H and O–H groups in total. The molecule has 7 heteroatoms. The zero-order chi connectivity index (χ0) is 22.5. The minimum atomic E-state index is -1.08. The Kier molecular flexibility index (Phi) is 5.44. The monoisotopic (exact) mass is 482 g/mol. The SMILES string of the molecule is Cc1ccc2c(c1)[C@@]1(SCCN1C(=O)c1ccc(Cl)cc1)C(=O)N2Cc1ccccc1Cl. The average Bonchev–Trinajstić information content (AvgIpc) is 3.32. The first-order chi connectivity index (χ1) is 15.4. The van der Waals surface area contributed by atoms with Crippen LogP contribution in [0.5, 0.6) is 0 Å². The molecular formula is C25H20Cl2N2O2S. The first kappa shape index (κ1) is 21.4. The van der Waals surface area contributed by atoms with Gasteiger partial charge < -0.3 is 9.80 Å². The topological polar surface area (TPSA) is 40.6 Å². The molecule has 2 heterocycles. The highest BCUT2D eigenvalue weighted by Gasteiger charge is 2.59. The Bertz CT molecular complexity index is 1230. The van der Waals surface area contributed by atoms with Gasteiger partial charge in [0.2, 0.25) is 0 Å². The van der Waals surface area contributed by atoms with Crippen molar-refractivity contribution in [1.82, 2.24) is 4.90 Å². The fourth-order valence-corrected chi connectivity index (χ4v) is 6.20. The molecule has 0 aliphatic carbocycles. The number of hydrogen-bond donors (Lipinski definition) is 0. The first-order valence-electron chi connectivity index (χ1n) is 10.3. The second kappa shape index (κ2) is 8.14. The van der Waals surface area contributed by atoms with E-state index in [-0.39, 0.29) is 11.8 Å². The van der Waals surface area contributed by atoms with Gasteiger partial charge in [-0.3, -0.25) is 9.59 Å². The number of fused-ring (bicyclic) bond motifs is 2. The predicted molar refractivity (Wildman–Crippen MR) is 130 cm³/mol. The van der Waals surface area contributed by atoms with Gasteiger partial charge in [0.05, 0.1) is 12.2 Å². The summed E-state index contributed by atoms with van der Waals surface area (Å²) in [4.78, 5) is 30.0. The Hall–Kier alpha value is -2.47. The van der Waals surface area contributed by atoms with E-state index in [1.54, 1.807) is 34.1 Å². The van der Waals surface area contributed by atoms with Crippen molar-refractivity contribution in [3.05, 3.63) is 99.0 Å². The summed E-state index contributed by atoms with van der Waals surface area (Å²) in [6, 6.07) is 20.3. The van der Waals surface area contributed by atoms with Crippen LogP contribution < -0.4 is 4.90 Å². The maximum Gasteiger partial charge on any atom is 0.268 e. The standard InChI is InChI=1S/C25H20Cl2N2O2S/c1-16-6-11-22-20(14-16)25(24(31)28(22)15-18-4-2-3-5-21(18)27)29(12-13-32-25)23(30)17-7-9-19(26)10-8-17/h2-11,14H,12-13,15H2,1H3/t25-/m1/s1. The molecule has 1 saturated heterocycles. The third kappa shape index (κ3) is 3.31. The summed E-state index contributed by atoms with van der Waals surface area (Å²) in [6.07, 6.45) is 0. The summed E-state index contributed by atoms with van der Waals surface area (Å²) in [5.74, 6) is 0.396. The number of anilines is 1. The highest BCUT2D eigenvalue weighted by Crippen LogP contribution is 2.55. The quantitative estimate of drug-likeness (QED) is 0.467. The average molecular weight is 483 g/mol. The van der Waals surface area contributed by atoms with Crippen molar-refractivity contribution in [1.29, 1.82) is 0 Å². The Morgan fingerprint density at radius 3 is 2.56 bits per heavy atom. The number of nitrogens with zero attached hydrogens (tertiary/aromatic N) is 2. The molecule has 2 aliphatic heterocycles.